The SMILES string of the molecule is O=C(Nc1nnc(C(F)F)s1)c1cn(-c2ccccc2)nc1-c1cccnc1. The molecule has 140 valence electrons. The zero-order valence-corrected chi connectivity index (χ0v) is 15.0. The molecular weight excluding hydrogens is 386 g/mol. The number of alkyl halides is 2. The number of pyridine rings is 1. The lowest BCUT2D eigenvalue weighted by Gasteiger charge is -2.01. The van der Waals surface area contributed by atoms with E-state index in [4.69, 9.17) is 0 Å². The Bertz CT molecular complexity index is 1100. The highest BCUT2D eigenvalue weighted by Crippen LogP contribution is 2.27. The molecule has 0 bridgehead atoms. The standard InChI is InChI=1S/C18H12F2N6OS/c19-15(20)17-23-24-18(28-17)22-16(27)13-10-26(12-6-2-1-3-7-12)25-14(13)11-5-4-8-21-9-11/h1-10,15H,(H,22,24,27). The Labute approximate surface area is 161 Å². The molecule has 0 unspecified atom stereocenters. The third-order valence-corrected chi connectivity index (χ3v) is 4.61. The second-order valence-electron chi connectivity index (χ2n) is 5.61. The molecule has 1 N–H and O–H groups in total. The molecule has 3 aromatic heterocycles. The summed E-state index contributed by atoms with van der Waals surface area (Å²) in [6.07, 6.45) is 2.04. The van der Waals surface area contributed by atoms with Crippen molar-refractivity contribution >= 4 is 22.4 Å². The first-order chi connectivity index (χ1) is 13.6. The van der Waals surface area contributed by atoms with Gasteiger partial charge in [0.25, 0.3) is 12.3 Å². The summed E-state index contributed by atoms with van der Waals surface area (Å²) >= 11 is 0.625. The quantitative estimate of drug-likeness (QED) is 0.550. The van der Waals surface area contributed by atoms with Gasteiger partial charge in [0.05, 0.1) is 11.3 Å². The fourth-order valence-electron chi connectivity index (χ4n) is 2.51. The number of anilines is 1. The molecule has 0 saturated carbocycles. The van der Waals surface area contributed by atoms with E-state index in [0.29, 0.717) is 22.6 Å². The van der Waals surface area contributed by atoms with Crippen molar-refractivity contribution in [2.45, 2.75) is 6.43 Å². The van der Waals surface area contributed by atoms with E-state index in [1.54, 1.807) is 35.4 Å². The van der Waals surface area contributed by atoms with Crippen molar-refractivity contribution in [1.29, 1.82) is 0 Å². The minimum Gasteiger partial charge on any atom is -0.296 e. The maximum atomic E-state index is 12.8. The van der Waals surface area contributed by atoms with Gasteiger partial charge in [0, 0.05) is 24.2 Å². The number of halogens is 2. The summed E-state index contributed by atoms with van der Waals surface area (Å²) in [4.78, 5) is 16.9. The number of hydrogen-bond acceptors (Lipinski definition) is 6. The summed E-state index contributed by atoms with van der Waals surface area (Å²) in [5, 5.41) is 13.5. The lowest BCUT2D eigenvalue weighted by atomic mass is 10.1. The summed E-state index contributed by atoms with van der Waals surface area (Å²) in [5.41, 5.74) is 2.08. The van der Waals surface area contributed by atoms with Crippen LogP contribution in [0.1, 0.15) is 21.8 Å². The summed E-state index contributed by atoms with van der Waals surface area (Å²) < 4.78 is 27.0. The Balaban J connectivity index is 1.71. The van der Waals surface area contributed by atoms with Crippen molar-refractivity contribution in [2.24, 2.45) is 0 Å². The smallest absolute Gasteiger partial charge is 0.291 e. The molecule has 0 aliphatic rings. The van der Waals surface area contributed by atoms with Crippen LogP contribution in [0.15, 0.2) is 61.1 Å². The zero-order valence-electron chi connectivity index (χ0n) is 14.2. The molecule has 1 aromatic carbocycles. The van der Waals surface area contributed by atoms with Crippen LogP contribution in [-0.4, -0.2) is 30.9 Å². The summed E-state index contributed by atoms with van der Waals surface area (Å²) in [6.45, 7) is 0. The van der Waals surface area contributed by atoms with Crippen LogP contribution in [0.5, 0.6) is 0 Å². The molecular formula is C18H12F2N6OS. The molecule has 0 atom stereocenters. The molecule has 0 fully saturated rings. The van der Waals surface area contributed by atoms with Crippen molar-refractivity contribution in [2.75, 3.05) is 5.32 Å². The number of hydrogen-bond donors (Lipinski definition) is 1. The van der Waals surface area contributed by atoms with Crippen molar-refractivity contribution in [1.82, 2.24) is 25.0 Å². The predicted molar refractivity (Wildman–Crippen MR) is 99.6 cm³/mol. The first kappa shape index (κ1) is 17.9. The Morgan fingerprint density at radius 3 is 2.61 bits per heavy atom. The van der Waals surface area contributed by atoms with E-state index < -0.39 is 17.3 Å². The van der Waals surface area contributed by atoms with Gasteiger partial charge < -0.3 is 0 Å². The number of nitrogens with zero attached hydrogens (tertiary/aromatic N) is 5. The molecule has 0 radical (unpaired) electrons. The van der Waals surface area contributed by atoms with Gasteiger partial charge in [-0.2, -0.15) is 5.10 Å². The van der Waals surface area contributed by atoms with Crippen LogP contribution in [-0.2, 0) is 0 Å². The van der Waals surface area contributed by atoms with Crippen LogP contribution in [0.25, 0.3) is 16.9 Å². The predicted octanol–water partition coefficient (Wildman–Crippen LogP) is 3.98. The number of para-hydroxylation sites is 1. The molecule has 0 saturated heterocycles. The molecule has 4 rings (SSSR count). The number of aromatic nitrogens is 5. The number of carbonyl (C=O) groups is 1. The molecule has 4 aromatic rings. The monoisotopic (exact) mass is 398 g/mol. The first-order valence-electron chi connectivity index (χ1n) is 8.10. The highest BCUT2D eigenvalue weighted by Gasteiger charge is 2.21. The second-order valence-corrected chi connectivity index (χ2v) is 6.62. The summed E-state index contributed by atoms with van der Waals surface area (Å²) in [7, 11) is 0. The summed E-state index contributed by atoms with van der Waals surface area (Å²) in [5.74, 6) is -0.530. The van der Waals surface area contributed by atoms with E-state index in [1.165, 1.54) is 0 Å². The van der Waals surface area contributed by atoms with Gasteiger partial charge in [-0.1, -0.05) is 29.5 Å². The molecule has 0 aliphatic heterocycles. The number of amides is 1. The van der Waals surface area contributed by atoms with Crippen molar-refractivity contribution in [3.63, 3.8) is 0 Å². The van der Waals surface area contributed by atoms with Crippen molar-refractivity contribution in [3.05, 3.63) is 71.6 Å². The molecule has 0 aliphatic carbocycles. The number of nitrogens with one attached hydrogen (secondary N) is 1. The van der Waals surface area contributed by atoms with E-state index >= 15 is 0 Å². The van der Waals surface area contributed by atoms with E-state index in [9.17, 15) is 13.6 Å². The van der Waals surface area contributed by atoms with E-state index in [-0.39, 0.29) is 10.7 Å². The first-order valence-corrected chi connectivity index (χ1v) is 8.92. The largest absolute Gasteiger partial charge is 0.296 e. The van der Waals surface area contributed by atoms with Gasteiger partial charge in [0.15, 0.2) is 5.01 Å². The number of rotatable bonds is 5. The maximum Gasteiger partial charge on any atom is 0.291 e. The third kappa shape index (κ3) is 3.62. The van der Waals surface area contributed by atoms with E-state index in [2.05, 4.69) is 25.6 Å². The zero-order chi connectivity index (χ0) is 19.5. The Morgan fingerprint density at radius 1 is 1.11 bits per heavy atom. The highest BCUT2D eigenvalue weighted by atomic mass is 32.1. The Hall–Kier alpha value is -3.53. The van der Waals surface area contributed by atoms with E-state index in [1.807, 2.05) is 30.3 Å². The topological polar surface area (TPSA) is 85.6 Å². The van der Waals surface area contributed by atoms with Crippen LogP contribution in [0.3, 0.4) is 0 Å². The highest BCUT2D eigenvalue weighted by molar-refractivity contribution is 7.15. The molecule has 7 nitrogen and oxygen atoms in total. The Morgan fingerprint density at radius 2 is 1.93 bits per heavy atom. The normalized spacial score (nSPS) is 11.0. The fraction of sp³-hybridized carbons (Fsp3) is 0.0556. The van der Waals surface area contributed by atoms with Gasteiger partial charge in [-0.3, -0.25) is 15.1 Å². The molecule has 10 heteroatoms. The fourth-order valence-corrected chi connectivity index (χ4v) is 3.10. The lowest BCUT2D eigenvalue weighted by molar-refractivity contribution is 0.102. The average molecular weight is 398 g/mol. The van der Waals surface area contributed by atoms with Gasteiger partial charge in [-0.15, -0.1) is 10.2 Å². The minimum absolute atomic E-state index is 0.00935. The molecule has 0 spiro atoms. The lowest BCUT2D eigenvalue weighted by Crippen LogP contribution is -2.12. The van der Waals surface area contributed by atoms with Gasteiger partial charge in [0.2, 0.25) is 5.13 Å². The van der Waals surface area contributed by atoms with Gasteiger partial charge in [0.1, 0.15) is 5.69 Å². The average Bonchev–Trinajstić information content (AvgIpc) is 3.37. The molecule has 28 heavy (non-hydrogen) atoms. The number of carbonyl (C=O) groups excluding carboxylic acids is 1. The Kier molecular flexibility index (Phi) is 4.85. The minimum atomic E-state index is -2.74. The van der Waals surface area contributed by atoms with Crippen LogP contribution in [0.4, 0.5) is 13.9 Å². The maximum absolute atomic E-state index is 12.8. The van der Waals surface area contributed by atoms with Gasteiger partial charge >= 0.3 is 0 Å². The third-order valence-electron chi connectivity index (χ3n) is 3.76. The number of benzene rings is 1. The van der Waals surface area contributed by atoms with Crippen molar-refractivity contribution < 1.29 is 13.6 Å². The van der Waals surface area contributed by atoms with Crippen molar-refractivity contribution in [3.8, 4) is 16.9 Å². The molecule has 3 heterocycles. The molecule has 1 amide bonds. The van der Waals surface area contributed by atoms with Crippen LogP contribution in [0, 0.1) is 0 Å². The van der Waals surface area contributed by atoms with Crippen LogP contribution >= 0.6 is 11.3 Å². The second kappa shape index (κ2) is 7.61. The summed E-state index contributed by atoms with van der Waals surface area (Å²) in [6, 6.07) is 12.8. The van der Waals surface area contributed by atoms with Crippen LogP contribution in [0.2, 0.25) is 0 Å². The van der Waals surface area contributed by atoms with Gasteiger partial charge in [-0.25, -0.2) is 13.5 Å². The van der Waals surface area contributed by atoms with Gasteiger partial charge in [-0.05, 0) is 24.3 Å². The van der Waals surface area contributed by atoms with Crippen LogP contribution < -0.4 is 5.32 Å². The van der Waals surface area contributed by atoms with E-state index in [0.717, 1.165) is 5.69 Å².